The number of nitrogens with zero attached hydrogens (tertiary/aromatic N) is 3. The van der Waals surface area contributed by atoms with Crippen molar-refractivity contribution in [3.63, 3.8) is 0 Å². The van der Waals surface area contributed by atoms with E-state index >= 15 is 0 Å². The third kappa shape index (κ3) is 3.18. The number of fused-ring (bicyclic) bond motifs is 1. The maximum Gasteiger partial charge on any atom is 0.224 e. The lowest BCUT2D eigenvalue weighted by molar-refractivity contribution is 0.751. The van der Waals surface area contributed by atoms with Gasteiger partial charge < -0.3 is 10.2 Å². The minimum Gasteiger partial charge on any atom is -0.354 e. The van der Waals surface area contributed by atoms with Crippen LogP contribution in [0.3, 0.4) is 0 Å². The number of benzene rings is 1. The molecule has 21 heavy (non-hydrogen) atoms. The highest BCUT2D eigenvalue weighted by Gasteiger charge is 2.18. The molecule has 0 atom stereocenters. The fraction of sp³-hybridized carbons (Fsp3) is 0.375. The van der Waals surface area contributed by atoms with Gasteiger partial charge in [0.1, 0.15) is 5.82 Å². The maximum absolute atomic E-state index is 4.66. The van der Waals surface area contributed by atoms with Gasteiger partial charge in [-0.05, 0) is 46.8 Å². The Morgan fingerprint density at radius 1 is 1.29 bits per heavy atom. The van der Waals surface area contributed by atoms with Gasteiger partial charge in [-0.3, -0.25) is 0 Å². The van der Waals surface area contributed by atoms with Gasteiger partial charge in [0.15, 0.2) is 0 Å². The van der Waals surface area contributed by atoms with Crippen molar-refractivity contribution in [2.75, 3.05) is 23.3 Å². The van der Waals surface area contributed by atoms with Crippen molar-refractivity contribution in [2.24, 2.45) is 0 Å². The standard InChI is InChI=1S/C16H19BrN4/c1-2-18-16-19-10-14(17)15(20-16)21-9-5-8-12-6-3-4-7-13(12)11-21/h3-4,6-7,10H,2,5,8-9,11H2,1H3,(H,18,19,20). The molecule has 2 heterocycles. The van der Waals surface area contributed by atoms with Crippen molar-refractivity contribution in [3.8, 4) is 0 Å². The van der Waals surface area contributed by atoms with E-state index in [2.05, 4.69) is 60.4 Å². The number of hydrogen-bond acceptors (Lipinski definition) is 4. The van der Waals surface area contributed by atoms with Crippen LogP contribution in [0.5, 0.6) is 0 Å². The van der Waals surface area contributed by atoms with Crippen LogP contribution in [-0.2, 0) is 13.0 Å². The van der Waals surface area contributed by atoms with Crippen molar-refractivity contribution in [2.45, 2.75) is 26.3 Å². The normalized spacial score (nSPS) is 14.5. The van der Waals surface area contributed by atoms with Crippen molar-refractivity contribution < 1.29 is 0 Å². The van der Waals surface area contributed by atoms with Gasteiger partial charge in [0.05, 0.1) is 4.47 Å². The second kappa shape index (κ2) is 6.43. The number of rotatable bonds is 3. The monoisotopic (exact) mass is 346 g/mol. The first-order valence-corrected chi connectivity index (χ1v) is 8.15. The van der Waals surface area contributed by atoms with E-state index in [1.165, 1.54) is 11.1 Å². The molecule has 1 aromatic carbocycles. The van der Waals surface area contributed by atoms with Crippen molar-refractivity contribution >= 4 is 27.7 Å². The van der Waals surface area contributed by atoms with Crippen LogP contribution >= 0.6 is 15.9 Å². The minimum absolute atomic E-state index is 0.688. The molecule has 2 aromatic rings. The number of hydrogen-bond donors (Lipinski definition) is 1. The molecule has 1 N–H and O–H groups in total. The third-order valence-electron chi connectivity index (χ3n) is 3.71. The number of halogens is 1. The molecule has 0 bridgehead atoms. The third-order valence-corrected chi connectivity index (χ3v) is 4.27. The van der Waals surface area contributed by atoms with Gasteiger partial charge in [0, 0.05) is 25.8 Å². The first-order chi connectivity index (χ1) is 10.3. The summed E-state index contributed by atoms with van der Waals surface area (Å²) in [7, 11) is 0. The Kier molecular flexibility index (Phi) is 4.39. The molecule has 0 unspecified atom stereocenters. The zero-order valence-electron chi connectivity index (χ0n) is 12.1. The van der Waals surface area contributed by atoms with Gasteiger partial charge in [-0.15, -0.1) is 0 Å². The van der Waals surface area contributed by atoms with Crippen molar-refractivity contribution in [1.29, 1.82) is 0 Å². The summed E-state index contributed by atoms with van der Waals surface area (Å²) in [5, 5.41) is 3.18. The summed E-state index contributed by atoms with van der Waals surface area (Å²) in [6.07, 6.45) is 4.11. The van der Waals surface area contributed by atoms with E-state index in [4.69, 9.17) is 0 Å². The quantitative estimate of drug-likeness (QED) is 0.921. The van der Waals surface area contributed by atoms with E-state index in [1.807, 2.05) is 13.1 Å². The molecule has 0 fully saturated rings. The lowest BCUT2D eigenvalue weighted by Crippen LogP contribution is -2.24. The Morgan fingerprint density at radius 2 is 2.10 bits per heavy atom. The number of nitrogens with one attached hydrogen (secondary N) is 1. The van der Waals surface area contributed by atoms with E-state index < -0.39 is 0 Å². The van der Waals surface area contributed by atoms with Crippen molar-refractivity contribution in [3.05, 3.63) is 46.1 Å². The second-order valence-electron chi connectivity index (χ2n) is 5.19. The van der Waals surface area contributed by atoms with Crippen LogP contribution < -0.4 is 10.2 Å². The summed E-state index contributed by atoms with van der Waals surface area (Å²) < 4.78 is 0.948. The van der Waals surface area contributed by atoms with E-state index in [-0.39, 0.29) is 0 Å². The first-order valence-electron chi connectivity index (χ1n) is 7.36. The SMILES string of the molecule is CCNc1ncc(Br)c(N2CCCc3ccccc3C2)n1. The maximum atomic E-state index is 4.66. The summed E-state index contributed by atoms with van der Waals surface area (Å²) in [5.41, 5.74) is 2.85. The number of aryl methyl sites for hydroxylation is 1. The minimum atomic E-state index is 0.688. The Labute approximate surface area is 133 Å². The predicted octanol–water partition coefficient (Wildman–Crippen LogP) is 3.62. The van der Waals surface area contributed by atoms with E-state index in [1.54, 1.807) is 0 Å². The molecule has 0 radical (unpaired) electrons. The Hall–Kier alpha value is -1.62. The van der Waals surface area contributed by atoms with E-state index in [0.29, 0.717) is 5.95 Å². The molecule has 0 saturated heterocycles. The molecule has 5 heteroatoms. The van der Waals surface area contributed by atoms with Gasteiger partial charge in [0.25, 0.3) is 0 Å². The van der Waals surface area contributed by atoms with Crippen LogP contribution in [0.2, 0.25) is 0 Å². The van der Waals surface area contributed by atoms with Crippen LogP contribution in [0.25, 0.3) is 0 Å². The highest BCUT2D eigenvalue weighted by Crippen LogP contribution is 2.28. The zero-order valence-corrected chi connectivity index (χ0v) is 13.7. The highest BCUT2D eigenvalue weighted by atomic mass is 79.9. The molecule has 0 amide bonds. The molecule has 1 aromatic heterocycles. The average Bonchev–Trinajstić information content (AvgIpc) is 2.71. The van der Waals surface area contributed by atoms with Gasteiger partial charge in [-0.2, -0.15) is 4.98 Å². The molecule has 4 nitrogen and oxygen atoms in total. The first kappa shape index (κ1) is 14.3. The summed E-state index contributed by atoms with van der Waals surface area (Å²) >= 11 is 3.59. The van der Waals surface area contributed by atoms with Gasteiger partial charge >= 0.3 is 0 Å². The van der Waals surface area contributed by atoms with E-state index in [9.17, 15) is 0 Å². The van der Waals surface area contributed by atoms with Crippen LogP contribution in [0.1, 0.15) is 24.5 Å². The second-order valence-corrected chi connectivity index (χ2v) is 6.04. The Morgan fingerprint density at radius 3 is 2.90 bits per heavy atom. The van der Waals surface area contributed by atoms with Gasteiger partial charge in [0.2, 0.25) is 5.95 Å². The average molecular weight is 347 g/mol. The lowest BCUT2D eigenvalue weighted by atomic mass is 10.0. The topological polar surface area (TPSA) is 41.1 Å². The van der Waals surface area contributed by atoms with E-state index in [0.717, 1.165) is 42.8 Å². The van der Waals surface area contributed by atoms with Crippen LogP contribution in [0, 0.1) is 0 Å². The van der Waals surface area contributed by atoms with Crippen molar-refractivity contribution in [1.82, 2.24) is 9.97 Å². The molecular formula is C16H19BrN4. The summed E-state index contributed by atoms with van der Waals surface area (Å²) in [4.78, 5) is 11.3. The number of aromatic nitrogens is 2. The molecule has 1 aliphatic rings. The van der Waals surface area contributed by atoms with Crippen LogP contribution in [0.15, 0.2) is 34.9 Å². The smallest absolute Gasteiger partial charge is 0.224 e. The van der Waals surface area contributed by atoms with Gasteiger partial charge in [-0.1, -0.05) is 24.3 Å². The zero-order chi connectivity index (χ0) is 14.7. The largest absolute Gasteiger partial charge is 0.354 e. The Bertz CT molecular complexity index is 629. The van der Waals surface area contributed by atoms with Crippen LogP contribution in [0.4, 0.5) is 11.8 Å². The highest BCUT2D eigenvalue weighted by molar-refractivity contribution is 9.10. The summed E-state index contributed by atoms with van der Waals surface area (Å²) in [5.74, 6) is 1.66. The molecule has 110 valence electrons. The molecule has 1 aliphatic heterocycles. The Balaban J connectivity index is 1.91. The molecule has 0 aliphatic carbocycles. The number of anilines is 2. The fourth-order valence-corrected chi connectivity index (χ4v) is 3.15. The molecular weight excluding hydrogens is 328 g/mol. The summed E-state index contributed by atoms with van der Waals surface area (Å²) in [6.45, 7) is 4.78. The molecule has 0 saturated carbocycles. The molecule has 3 rings (SSSR count). The summed E-state index contributed by atoms with van der Waals surface area (Å²) in [6, 6.07) is 8.69. The van der Waals surface area contributed by atoms with Crippen LogP contribution in [-0.4, -0.2) is 23.1 Å². The predicted molar refractivity (Wildman–Crippen MR) is 89.7 cm³/mol. The molecule has 0 spiro atoms. The fourth-order valence-electron chi connectivity index (χ4n) is 2.70. The van der Waals surface area contributed by atoms with Gasteiger partial charge in [-0.25, -0.2) is 4.98 Å². The lowest BCUT2D eigenvalue weighted by Gasteiger charge is -2.23.